The van der Waals surface area contributed by atoms with E-state index in [1.54, 1.807) is 4.90 Å². The van der Waals surface area contributed by atoms with Gasteiger partial charge in [0.2, 0.25) is 0 Å². The number of likely N-dealkylation sites (N-methyl/N-ethyl adjacent to an activating group) is 1. The van der Waals surface area contributed by atoms with Gasteiger partial charge in [0, 0.05) is 25.0 Å². The fourth-order valence-corrected chi connectivity index (χ4v) is 3.14. The maximum absolute atomic E-state index is 12.4. The molecule has 7 heteroatoms. The highest BCUT2D eigenvalue weighted by atomic mass is 16.2. The van der Waals surface area contributed by atoms with Crippen molar-refractivity contribution in [3.8, 4) is 18.4 Å². The maximum atomic E-state index is 12.4. The Morgan fingerprint density at radius 2 is 2.19 bits per heavy atom. The minimum atomic E-state index is -0.423. The molecular weight excluding hydrogens is 342 g/mol. The number of rotatable bonds is 5. The normalized spacial score (nSPS) is 13.9. The van der Waals surface area contributed by atoms with Crippen molar-refractivity contribution in [3.05, 3.63) is 39.7 Å². The van der Waals surface area contributed by atoms with E-state index in [-0.39, 0.29) is 17.5 Å². The molecule has 0 atom stereocenters. The number of pyridine rings is 1. The molecule has 2 heterocycles. The fourth-order valence-electron chi connectivity index (χ4n) is 3.14. The summed E-state index contributed by atoms with van der Waals surface area (Å²) in [4.78, 5) is 30.3. The molecule has 2 N–H and O–H groups in total. The highest BCUT2D eigenvalue weighted by Gasteiger charge is 2.30. The standard InChI is InChI=1S/C20H21N5O2/c1-4-18(26)25-11-14(12-25)22-19-15-6-5-13(7-8-24(2)3)9-17(15)23-20(27)16(19)10-21/h1,5-6,9,14H,7-8,11-12H2,2-3H3,(H2,22,23,27). The van der Waals surface area contributed by atoms with Crippen LogP contribution < -0.4 is 10.9 Å². The van der Waals surface area contributed by atoms with Crippen molar-refractivity contribution in [3.63, 3.8) is 0 Å². The molecule has 0 spiro atoms. The first-order valence-corrected chi connectivity index (χ1v) is 8.68. The van der Waals surface area contributed by atoms with Gasteiger partial charge in [0.1, 0.15) is 11.6 Å². The molecule has 3 rings (SSSR count). The Balaban J connectivity index is 1.91. The van der Waals surface area contributed by atoms with Crippen LogP contribution in [0.2, 0.25) is 0 Å². The highest BCUT2D eigenvalue weighted by molar-refractivity contribution is 5.95. The Morgan fingerprint density at radius 1 is 1.44 bits per heavy atom. The Labute approximate surface area is 157 Å². The Kier molecular flexibility index (Phi) is 5.16. The molecule has 1 aromatic carbocycles. The molecule has 1 fully saturated rings. The molecule has 0 bridgehead atoms. The lowest BCUT2D eigenvalue weighted by molar-refractivity contribution is -0.128. The molecule has 1 saturated heterocycles. The van der Waals surface area contributed by atoms with Crippen LogP contribution in [0.4, 0.5) is 5.69 Å². The number of hydrogen-bond acceptors (Lipinski definition) is 5. The van der Waals surface area contributed by atoms with Crippen LogP contribution >= 0.6 is 0 Å². The van der Waals surface area contributed by atoms with Crippen molar-refractivity contribution in [1.29, 1.82) is 5.26 Å². The monoisotopic (exact) mass is 363 g/mol. The van der Waals surface area contributed by atoms with Crippen LogP contribution in [-0.4, -0.2) is 60.5 Å². The van der Waals surface area contributed by atoms with Gasteiger partial charge in [-0.15, -0.1) is 6.42 Å². The van der Waals surface area contributed by atoms with E-state index in [2.05, 4.69) is 21.1 Å². The van der Waals surface area contributed by atoms with Gasteiger partial charge in [0.25, 0.3) is 11.5 Å². The number of anilines is 1. The van der Waals surface area contributed by atoms with Crippen molar-refractivity contribution >= 4 is 22.5 Å². The SMILES string of the molecule is C#CC(=O)N1CC(Nc2c(C#N)c(=O)[nH]c3cc(CCN(C)C)ccc23)C1. The van der Waals surface area contributed by atoms with Crippen LogP contribution in [0, 0.1) is 23.7 Å². The van der Waals surface area contributed by atoms with Crippen LogP contribution in [0.3, 0.4) is 0 Å². The van der Waals surface area contributed by atoms with Gasteiger partial charge < -0.3 is 20.1 Å². The smallest absolute Gasteiger partial charge is 0.298 e. The summed E-state index contributed by atoms with van der Waals surface area (Å²) < 4.78 is 0. The second kappa shape index (κ2) is 7.53. The van der Waals surface area contributed by atoms with E-state index in [1.807, 2.05) is 38.4 Å². The zero-order valence-corrected chi connectivity index (χ0v) is 15.4. The third kappa shape index (κ3) is 3.79. The number of benzene rings is 1. The zero-order valence-electron chi connectivity index (χ0n) is 15.4. The summed E-state index contributed by atoms with van der Waals surface area (Å²) in [6.45, 7) is 1.80. The summed E-state index contributed by atoms with van der Waals surface area (Å²) in [7, 11) is 4.02. The van der Waals surface area contributed by atoms with Crippen LogP contribution in [0.15, 0.2) is 23.0 Å². The lowest BCUT2D eigenvalue weighted by Gasteiger charge is -2.39. The van der Waals surface area contributed by atoms with Crippen LogP contribution in [-0.2, 0) is 11.2 Å². The van der Waals surface area contributed by atoms with Gasteiger partial charge in [-0.2, -0.15) is 5.26 Å². The van der Waals surface area contributed by atoms with Gasteiger partial charge in [-0.25, -0.2) is 0 Å². The van der Waals surface area contributed by atoms with E-state index in [0.717, 1.165) is 23.9 Å². The number of aromatic nitrogens is 1. The lowest BCUT2D eigenvalue weighted by Crippen LogP contribution is -2.56. The fraction of sp³-hybridized carbons (Fsp3) is 0.350. The number of amides is 1. The molecule has 2 aromatic rings. The summed E-state index contributed by atoms with van der Waals surface area (Å²) in [6.07, 6.45) is 5.99. The van der Waals surface area contributed by atoms with Crippen LogP contribution in [0.25, 0.3) is 10.9 Å². The number of likely N-dealkylation sites (tertiary alicyclic amines) is 1. The second-order valence-electron chi connectivity index (χ2n) is 6.94. The highest BCUT2D eigenvalue weighted by Crippen LogP contribution is 2.27. The number of aromatic amines is 1. The zero-order chi connectivity index (χ0) is 19.6. The quantitative estimate of drug-likeness (QED) is 0.765. The number of H-pyrrole nitrogens is 1. The van der Waals surface area contributed by atoms with E-state index >= 15 is 0 Å². The number of hydrogen-bond donors (Lipinski definition) is 2. The van der Waals surface area contributed by atoms with Crippen LogP contribution in [0.1, 0.15) is 11.1 Å². The number of fused-ring (bicyclic) bond motifs is 1. The second-order valence-corrected chi connectivity index (χ2v) is 6.94. The van der Waals surface area contributed by atoms with E-state index in [9.17, 15) is 14.9 Å². The number of nitriles is 1. The van der Waals surface area contributed by atoms with Crippen molar-refractivity contribution in [2.75, 3.05) is 39.0 Å². The molecule has 27 heavy (non-hydrogen) atoms. The molecular formula is C20H21N5O2. The first-order chi connectivity index (χ1) is 12.9. The van der Waals surface area contributed by atoms with E-state index < -0.39 is 5.56 Å². The maximum Gasteiger partial charge on any atom is 0.298 e. The molecule has 1 aliphatic heterocycles. The van der Waals surface area contributed by atoms with Crippen molar-refractivity contribution in [2.24, 2.45) is 0 Å². The molecule has 1 aromatic heterocycles. The Bertz CT molecular complexity index is 1020. The molecule has 138 valence electrons. The van der Waals surface area contributed by atoms with Gasteiger partial charge in [-0.05, 0) is 38.1 Å². The molecule has 1 amide bonds. The Hall–Kier alpha value is -3.29. The van der Waals surface area contributed by atoms with E-state index in [1.165, 1.54) is 0 Å². The summed E-state index contributed by atoms with van der Waals surface area (Å²) in [5.41, 5.74) is 1.93. The first-order valence-electron chi connectivity index (χ1n) is 8.68. The lowest BCUT2D eigenvalue weighted by atomic mass is 10.0. The number of carbonyl (C=O) groups is 1. The number of terminal acetylenes is 1. The van der Waals surface area contributed by atoms with Gasteiger partial charge in [-0.3, -0.25) is 9.59 Å². The van der Waals surface area contributed by atoms with E-state index in [0.29, 0.717) is 24.3 Å². The summed E-state index contributed by atoms with van der Waals surface area (Å²) in [6, 6.07) is 7.81. The summed E-state index contributed by atoms with van der Waals surface area (Å²) in [5, 5.41) is 13.5. The van der Waals surface area contributed by atoms with Crippen LogP contribution in [0.5, 0.6) is 0 Å². The summed E-state index contributed by atoms with van der Waals surface area (Å²) >= 11 is 0. The Morgan fingerprint density at radius 3 is 2.81 bits per heavy atom. The minimum Gasteiger partial charge on any atom is -0.377 e. The molecule has 0 unspecified atom stereocenters. The average Bonchev–Trinajstić information content (AvgIpc) is 2.61. The van der Waals surface area contributed by atoms with Gasteiger partial charge in [0.15, 0.2) is 0 Å². The first kappa shape index (κ1) is 18.5. The van der Waals surface area contributed by atoms with Gasteiger partial charge >= 0.3 is 0 Å². The predicted molar refractivity (Wildman–Crippen MR) is 104 cm³/mol. The van der Waals surface area contributed by atoms with Crippen molar-refractivity contribution in [1.82, 2.24) is 14.8 Å². The molecule has 0 saturated carbocycles. The van der Waals surface area contributed by atoms with Gasteiger partial charge in [-0.1, -0.05) is 12.1 Å². The molecule has 0 aliphatic carbocycles. The molecule has 1 aliphatic rings. The molecule has 0 radical (unpaired) electrons. The van der Waals surface area contributed by atoms with Crippen molar-refractivity contribution in [2.45, 2.75) is 12.5 Å². The third-order valence-electron chi connectivity index (χ3n) is 4.68. The third-order valence-corrected chi connectivity index (χ3v) is 4.68. The van der Waals surface area contributed by atoms with E-state index in [4.69, 9.17) is 6.42 Å². The molecule has 7 nitrogen and oxygen atoms in total. The largest absolute Gasteiger partial charge is 0.377 e. The van der Waals surface area contributed by atoms with Gasteiger partial charge in [0.05, 0.1) is 17.2 Å². The number of nitrogens with one attached hydrogen (secondary N) is 2. The predicted octanol–water partition coefficient (Wildman–Crippen LogP) is 0.760. The summed E-state index contributed by atoms with van der Waals surface area (Å²) in [5.74, 6) is 1.74. The minimum absolute atomic E-state index is 0.0465. The number of nitrogens with zero attached hydrogens (tertiary/aromatic N) is 3. The number of carbonyl (C=O) groups excluding carboxylic acids is 1. The topological polar surface area (TPSA) is 92.2 Å². The van der Waals surface area contributed by atoms with Crippen molar-refractivity contribution < 1.29 is 4.79 Å². The average molecular weight is 363 g/mol.